The van der Waals surface area contributed by atoms with Crippen LogP contribution in [0.4, 0.5) is 5.82 Å². The van der Waals surface area contributed by atoms with E-state index in [1.54, 1.807) is 6.33 Å². The number of hydrogen-bond donors (Lipinski definition) is 1. The first-order valence-electron chi connectivity index (χ1n) is 8.44. The maximum atomic E-state index is 12.4. The molecule has 8 nitrogen and oxygen atoms in total. The number of aryl methyl sites for hydroxylation is 1. The van der Waals surface area contributed by atoms with Gasteiger partial charge in [-0.3, -0.25) is 9.89 Å². The number of piperidine rings is 1. The summed E-state index contributed by atoms with van der Waals surface area (Å²) in [6.45, 7) is 3.46. The minimum atomic E-state index is -0.0678. The second-order valence-electron chi connectivity index (χ2n) is 6.51. The predicted molar refractivity (Wildman–Crippen MR) is 87.6 cm³/mol. The molecule has 0 spiro atoms. The third-order valence-electron chi connectivity index (χ3n) is 4.76. The molecule has 2 aromatic heterocycles. The van der Waals surface area contributed by atoms with Crippen molar-refractivity contribution in [3.63, 3.8) is 0 Å². The molecule has 0 atom stereocenters. The van der Waals surface area contributed by atoms with Crippen molar-refractivity contribution < 1.29 is 4.79 Å². The van der Waals surface area contributed by atoms with Crippen LogP contribution in [0.15, 0.2) is 18.7 Å². The van der Waals surface area contributed by atoms with E-state index in [-0.39, 0.29) is 5.91 Å². The van der Waals surface area contributed by atoms with E-state index >= 15 is 0 Å². The third kappa shape index (κ3) is 2.95. The van der Waals surface area contributed by atoms with Crippen molar-refractivity contribution in [2.24, 2.45) is 0 Å². The molecule has 0 unspecified atom stereocenters. The topological polar surface area (TPSA) is 90.9 Å². The Kier molecular flexibility index (Phi) is 3.87. The number of carbonyl (C=O) groups excluding carboxylic acids is 1. The summed E-state index contributed by atoms with van der Waals surface area (Å²) in [6.07, 6.45) is 7.34. The van der Waals surface area contributed by atoms with Crippen molar-refractivity contribution in [1.82, 2.24) is 30.0 Å². The fourth-order valence-corrected chi connectivity index (χ4v) is 3.41. The third-order valence-corrected chi connectivity index (χ3v) is 4.76. The zero-order valence-electron chi connectivity index (χ0n) is 13.7. The van der Waals surface area contributed by atoms with E-state index in [0.29, 0.717) is 17.9 Å². The summed E-state index contributed by atoms with van der Waals surface area (Å²) in [7, 11) is 0. The molecule has 3 heterocycles. The highest BCUT2D eigenvalue weighted by molar-refractivity contribution is 5.90. The molecular weight excluding hydrogens is 306 g/mol. The van der Waals surface area contributed by atoms with Gasteiger partial charge in [-0.25, -0.2) is 15.0 Å². The van der Waals surface area contributed by atoms with Crippen molar-refractivity contribution in [2.45, 2.75) is 44.7 Å². The Morgan fingerprint density at radius 3 is 2.50 bits per heavy atom. The van der Waals surface area contributed by atoms with Crippen LogP contribution in [0.2, 0.25) is 0 Å². The molecule has 126 valence electrons. The second-order valence-corrected chi connectivity index (χ2v) is 6.51. The monoisotopic (exact) mass is 327 g/mol. The van der Waals surface area contributed by atoms with E-state index in [4.69, 9.17) is 0 Å². The fourth-order valence-electron chi connectivity index (χ4n) is 3.41. The number of nitrogens with one attached hydrogen (secondary N) is 1. The van der Waals surface area contributed by atoms with Crippen LogP contribution in [0.3, 0.4) is 0 Å². The van der Waals surface area contributed by atoms with Crippen LogP contribution in [0.1, 0.15) is 42.0 Å². The lowest BCUT2D eigenvalue weighted by molar-refractivity contribution is 0.0700. The molecule has 0 radical (unpaired) electrons. The summed E-state index contributed by atoms with van der Waals surface area (Å²) in [5.41, 5.74) is 0.989. The molecule has 2 fully saturated rings. The van der Waals surface area contributed by atoms with E-state index in [1.807, 2.05) is 11.8 Å². The lowest BCUT2D eigenvalue weighted by Gasteiger charge is -2.39. The Labute approximate surface area is 140 Å². The maximum Gasteiger partial charge on any atom is 0.291 e. The predicted octanol–water partition coefficient (Wildman–Crippen LogP) is 1.18. The molecule has 1 saturated carbocycles. The number of aromatic amines is 1. The zero-order valence-corrected chi connectivity index (χ0v) is 13.7. The van der Waals surface area contributed by atoms with Gasteiger partial charge in [0.2, 0.25) is 5.82 Å². The minimum Gasteiger partial charge on any atom is -0.350 e. The summed E-state index contributed by atoms with van der Waals surface area (Å²) in [5, 5.41) is 6.40. The first-order valence-corrected chi connectivity index (χ1v) is 8.44. The van der Waals surface area contributed by atoms with Gasteiger partial charge in [-0.15, -0.1) is 0 Å². The Hall–Kier alpha value is -2.51. The van der Waals surface area contributed by atoms with Crippen molar-refractivity contribution in [2.75, 3.05) is 18.0 Å². The Balaban J connectivity index is 1.45. The summed E-state index contributed by atoms with van der Waals surface area (Å²) in [4.78, 5) is 29.3. The second kappa shape index (κ2) is 6.18. The number of nitrogens with zero attached hydrogens (tertiary/aromatic N) is 6. The van der Waals surface area contributed by atoms with Crippen LogP contribution in [-0.2, 0) is 0 Å². The normalized spacial score (nSPS) is 18.6. The van der Waals surface area contributed by atoms with E-state index in [2.05, 4.69) is 36.1 Å². The van der Waals surface area contributed by atoms with Gasteiger partial charge in [0.05, 0.1) is 0 Å². The Morgan fingerprint density at radius 2 is 1.88 bits per heavy atom. The van der Waals surface area contributed by atoms with Crippen molar-refractivity contribution >= 4 is 11.7 Å². The Bertz CT molecular complexity index is 705. The first-order chi connectivity index (χ1) is 11.7. The van der Waals surface area contributed by atoms with Crippen molar-refractivity contribution in [3.05, 3.63) is 30.2 Å². The van der Waals surface area contributed by atoms with Crippen LogP contribution in [-0.4, -0.2) is 61.1 Å². The molecule has 8 heteroatoms. The van der Waals surface area contributed by atoms with E-state index in [1.165, 1.54) is 19.2 Å². The molecule has 1 amide bonds. The summed E-state index contributed by atoms with van der Waals surface area (Å²) >= 11 is 0. The fraction of sp³-hybridized carbons (Fsp3) is 0.562. The number of likely N-dealkylation sites (tertiary alicyclic amines) is 1. The highest BCUT2D eigenvalue weighted by Crippen LogP contribution is 2.35. The maximum absolute atomic E-state index is 12.4. The van der Waals surface area contributed by atoms with Gasteiger partial charge < -0.3 is 9.80 Å². The average Bonchev–Trinajstić information content (AvgIpc) is 3.27. The number of carbonyl (C=O) groups is 1. The van der Waals surface area contributed by atoms with E-state index in [0.717, 1.165) is 37.4 Å². The molecule has 2 aliphatic rings. The molecule has 1 aliphatic carbocycles. The molecule has 1 saturated heterocycles. The molecule has 1 N–H and O–H groups in total. The van der Waals surface area contributed by atoms with Crippen LogP contribution in [0, 0.1) is 6.92 Å². The molecule has 0 bridgehead atoms. The number of anilines is 1. The molecule has 0 aromatic carbocycles. The number of rotatable bonds is 4. The van der Waals surface area contributed by atoms with Crippen LogP contribution in [0.25, 0.3) is 0 Å². The lowest BCUT2D eigenvalue weighted by atomic mass is 10.0. The van der Waals surface area contributed by atoms with Crippen LogP contribution >= 0.6 is 0 Å². The summed E-state index contributed by atoms with van der Waals surface area (Å²) in [6, 6.07) is 3.07. The molecule has 1 aliphatic heterocycles. The summed E-state index contributed by atoms with van der Waals surface area (Å²) < 4.78 is 0. The molecular formula is C16H21N7O. The number of amides is 1. The van der Waals surface area contributed by atoms with E-state index in [9.17, 15) is 4.79 Å². The molecule has 24 heavy (non-hydrogen) atoms. The van der Waals surface area contributed by atoms with Crippen LogP contribution in [0.5, 0.6) is 0 Å². The van der Waals surface area contributed by atoms with Gasteiger partial charge in [-0.2, -0.15) is 5.10 Å². The van der Waals surface area contributed by atoms with Crippen molar-refractivity contribution in [3.8, 4) is 0 Å². The summed E-state index contributed by atoms with van der Waals surface area (Å²) in [5.74, 6) is 1.27. The quantitative estimate of drug-likeness (QED) is 0.906. The molecule has 4 rings (SSSR count). The van der Waals surface area contributed by atoms with Gasteiger partial charge >= 0.3 is 0 Å². The number of hydrogen-bond acceptors (Lipinski definition) is 6. The van der Waals surface area contributed by atoms with Crippen molar-refractivity contribution in [1.29, 1.82) is 0 Å². The number of aromatic nitrogens is 5. The standard InChI is InChI=1S/C16H21N7O/c1-11-8-14(18-9-17-11)23(12-2-3-12)13-4-6-22(7-5-13)16(24)15-19-10-20-21-15/h8-10,12-13H,2-7H2,1H3,(H,19,20,21). The highest BCUT2D eigenvalue weighted by atomic mass is 16.2. The van der Waals surface area contributed by atoms with Gasteiger partial charge in [-0.1, -0.05) is 0 Å². The highest BCUT2D eigenvalue weighted by Gasteiger charge is 2.37. The van der Waals surface area contributed by atoms with Gasteiger partial charge in [-0.05, 0) is 32.6 Å². The van der Waals surface area contributed by atoms with Gasteiger partial charge in [0.25, 0.3) is 5.91 Å². The smallest absolute Gasteiger partial charge is 0.291 e. The molecule has 2 aromatic rings. The van der Waals surface area contributed by atoms with E-state index < -0.39 is 0 Å². The largest absolute Gasteiger partial charge is 0.350 e. The number of H-pyrrole nitrogens is 1. The first kappa shape index (κ1) is 15.0. The lowest BCUT2D eigenvalue weighted by Crippen LogP contribution is -2.48. The Morgan fingerprint density at radius 1 is 1.12 bits per heavy atom. The zero-order chi connectivity index (χ0) is 16.5. The van der Waals surface area contributed by atoms with Gasteiger partial charge in [0, 0.05) is 36.9 Å². The van der Waals surface area contributed by atoms with Gasteiger partial charge in [0.15, 0.2) is 0 Å². The minimum absolute atomic E-state index is 0.0678. The van der Waals surface area contributed by atoms with Crippen LogP contribution < -0.4 is 4.90 Å². The average molecular weight is 327 g/mol. The SMILES string of the molecule is Cc1cc(N(C2CC2)C2CCN(C(=O)c3ncn[nH]3)CC2)ncn1. The van der Waals surface area contributed by atoms with Gasteiger partial charge in [0.1, 0.15) is 18.5 Å².